The molecular weight excluding hydrogens is 336 g/mol. The van der Waals surface area contributed by atoms with Crippen LogP contribution in [0.3, 0.4) is 0 Å². The van der Waals surface area contributed by atoms with E-state index < -0.39 is 0 Å². The number of carbonyl (C=O) groups is 1. The lowest BCUT2D eigenvalue weighted by molar-refractivity contribution is -0.133. The van der Waals surface area contributed by atoms with Crippen molar-refractivity contribution in [1.82, 2.24) is 19.4 Å². The molecule has 0 atom stereocenters. The van der Waals surface area contributed by atoms with E-state index in [1.807, 2.05) is 11.9 Å². The van der Waals surface area contributed by atoms with Crippen molar-refractivity contribution in [2.75, 3.05) is 47.4 Å². The number of rotatable bonds is 5. The summed E-state index contributed by atoms with van der Waals surface area (Å²) in [7, 11) is 5.10. The van der Waals surface area contributed by atoms with E-state index in [9.17, 15) is 9.59 Å². The number of carbonyl (C=O) groups excluding carboxylic acids is 1. The molecule has 1 saturated heterocycles. The van der Waals surface area contributed by atoms with Gasteiger partial charge >= 0.3 is 0 Å². The van der Waals surface area contributed by atoms with Crippen molar-refractivity contribution in [3.8, 4) is 11.5 Å². The van der Waals surface area contributed by atoms with E-state index in [0.717, 1.165) is 26.2 Å². The Morgan fingerprint density at radius 1 is 1.12 bits per heavy atom. The van der Waals surface area contributed by atoms with E-state index in [0.29, 0.717) is 28.9 Å². The van der Waals surface area contributed by atoms with Gasteiger partial charge in [-0.25, -0.2) is 4.98 Å². The monoisotopic (exact) mass is 360 g/mol. The molecular formula is C18H24N4O4. The zero-order chi connectivity index (χ0) is 18.7. The topological polar surface area (TPSA) is 76.9 Å². The van der Waals surface area contributed by atoms with Crippen LogP contribution in [0, 0.1) is 0 Å². The number of aromatic nitrogens is 2. The Hall–Kier alpha value is -2.61. The molecule has 26 heavy (non-hydrogen) atoms. The fraction of sp³-hybridized carbons (Fsp3) is 0.500. The number of benzene rings is 1. The normalized spacial score (nSPS) is 15.3. The highest BCUT2D eigenvalue weighted by Gasteiger charge is 2.19. The first-order valence-corrected chi connectivity index (χ1v) is 8.61. The SMILES string of the molecule is COc1cc2ncn(CCC(=O)N3CCN(C)CC3)c(=O)c2cc1OC. The van der Waals surface area contributed by atoms with Crippen LogP contribution in [0.1, 0.15) is 6.42 Å². The number of amides is 1. The molecule has 1 aliphatic rings. The molecule has 2 aromatic rings. The molecule has 0 unspecified atom stereocenters. The molecule has 1 aromatic carbocycles. The molecule has 3 rings (SSSR count). The maximum Gasteiger partial charge on any atom is 0.261 e. The number of hydrogen-bond donors (Lipinski definition) is 0. The number of likely N-dealkylation sites (N-methyl/N-ethyl adjacent to an activating group) is 1. The molecule has 1 aromatic heterocycles. The quantitative estimate of drug-likeness (QED) is 0.776. The number of fused-ring (bicyclic) bond motifs is 1. The van der Waals surface area contributed by atoms with E-state index in [2.05, 4.69) is 9.88 Å². The van der Waals surface area contributed by atoms with Gasteiger partial charge in [0.15, 0.2) is 11.5 Å². The summed E-state index contributed by atoms with van der Waals surface area (Å²) in [5.74, 6) is 1.07. The Morgan fingerprint density at radius 2 is 1.77 bits per heavy atom. The van der Waals surface area contributed by atoms with E-state index in [4.69, 9.17) is 9.47 Å². The first-order chi connectivity index (χ1) is 12.5. The summed E-state index contributed by atoms with van der Waals surface area (Å²) in [6.45, 7) is 3.53. The van der Waals surface area contributed by atoms with Crippen LogP contribution in [0.2, 0.25) is 0 Å². The third kappa shape index (κ3) is 3.65. The fourth-order valence-corrected chi connectivity index (χ4v) is 3.07. The first kappa shape index (κ1) is 18.2. The fourth-order valence-electron chi connectivity index (χ4n) is 3.07. The molecule has 0 radical (unpaired) electrons. The van der Waals surface area contributed by atoms with Crippen molar-refractivity contribution < 1.29 is 14.3 Å². The molecule has 8 heteroatoms. The van der Waals surface area contributed by atoms with Crippen molar-refractivity contribution in [3.63, 3.8) is 0 Å². The van der Waals surface area contributed by atoms with Gasteiger partial charge in [-0.2, -0.15) is 0 Å². The van der Waals surface area contributed by atoms with Crippen LogP contribution in [-0.4, -0.2) is 72.7 Å². The largest absolute Gasteiger partial charge is 0.493 e. The molecule has 1 fully saturated rings. The second-order valence-corrected chi connectivity index (χ2v) is 6.40. The van der Waals surface area contributed by atoms with E-state index >= 15 is 0 Å². The van der Waals surface area contributed by atoms with Crippen LogP contribution in [0.15, 0.2) is 23.3 Å². The molecule has 1 amide bonds. The van der Waals surface area contributed by atoms with Crippen molar-refractivity contribution in [1.29, 1.82) is 0 Å². The van der Waals surface area contributed by atoms with Gasteiger partial charge in [-0.1, -0.05) is 0 Å². The first-order valence-electron chi connectivity index (χ1n) is 8.61. The Labute approximate surface area is 151 Å². The third-order valence-corrected chi connectivity index (χ3v) is 4.75. The zero-order valence-corrected chi connectivity index (χ0v) is 15.4. The van der Waals surface area contributed by atoms with Crippen LogP contribution in [0.4, 0.5) is 0 Å². The highest BCUT2D eigenvalue weighted by molar-refractivity contribution is 5.81. The molecule has 0 spiro atoms. The number of hydrogen-bond acceptors (Lipinski definition) is 6. The average Bonchev–Trinajstić information content (AvgIpc) is 2.67. The minimum absolute atomic E-state index is 0.0670. The van der Waals surface area contributed by atoms with E-state index in [-0.39, 0.29) is 17.9 Å². The predicted octanol–water partition coefficient (Wildman–Crippen LogP) is 0.578. The Balaban J connectivity index is 1.77. The molecule has 0 saturated carbocycles. The van der Waals surface area contributed by atoms with Gasteiger partial charge in [0.25, 0.3) is 5.56 Å². The van der Waals surface area contributed by atoms with Gasteiger partial charge in [-0.15, -0.1) is 0 Å². The number of nitrogens with zero attached hydrogens (tertiary/aromatic N) is 4. The van der Waals surface area contributed by atoms with Gasteiger partial charge in [-0.3, -0.25) is 14.2 Å². The van der Waals surface area contributed by atoms with Crippen molar-refractivity contribution in [2.45, 2.75) is 13.0 Å². The van der Waals surface area contributed by atoms with Crippen LogP contribution in [0.5, 0.6) is 11.5 Å². The average molecular weight is 360 g/mol. The van der Waals surface area contributed by atoms with Crippen LogP contribution >= 0.6 is 0 Å². The molecule has 0 bridgehead atoms. The maximum atomic E-state index is 12.7. The number of aryl methyl sites for hydroxylation is 1. The molecule has 0 N–H and O–H groups in total. The highest BCUT2D eigenvalue weighted by Crippen LogP contribution is 2.29. The van der Waals surface area contributed by atoms with Crippen LogP contribution in [0.25, 0.3) is 10.9 Å². The van der Waals surface area contributed by atoms with Crippen molar-refractivity contribution in [3.05, 3.63) is 28.8 Å². The summed E-state index contributed by atoms with van der Waals surface area (Å²) in [4.78, 5) is 33.5. The standard InChI is InChI=1S/C18H24N4O4/c1-20-6-8-21(9-7-20)17(23)4-5-22-12-19-14-11-16(26-3)15(25-2)10-13(14)18(22)24/h10-12H,4-9H2,1-3H3. The van der Waals surface area contributed by atoms with Crippen molar-refractivity contribution in [2.24, 2.45) is 0 Å². The van der Waals surface area contributed by atoms with E-state index in [1.54, 1.807) is 12.1 Å². The molecule has 2 heterocycles. The Bertz CT molecular complexity index is 856. The third-order valence-electron chi connectivity index (χ3n) is 4.75. The van der Waals surface area contributed by atoms with Gasteiger partial charge in [0, 0.05) is 45.2 Å². The Morgan fingerprint density at radius 3 is 2.42 bits per heavy atom. The van der Waals surface area contributed by atoms with Gasteiger partial charge in [0.1, 0.15) is 0 Å². The second-order valence-electron chi connectivity index (χ2n) is 6.40. The van der Waals surface area contributed by atoms with Gasteiger partial charge < -0.3 is 19.3 Å². The van der Waals surface area contributed by atoms with Crippen LogP contribution < -0.4 is 15.0 Å². The zero-order valence-electron chi connectivity index (χ0n) is 15.4. The minimum Gasteiger partial charge on any atom is -0.493 e. The molecule has 140 valence electrons. The van der Waals surface area contributed by atoms with Crippen LogP contribution in [-0.2, 0) is 11.3 Å². The van der Waals surface area contributed by atoms with Gasteiger partial charge in [-0.05, 0) is 13.1 Å². The summed E-state index contributed by atoms with van der Waals surface area (Å²) in [5, 5.41) is 0.442. The predicted molar refractivity (Wildman–Crippen MR) is 97.8 cm³/mol. The minimum atomic E-state index is -0.192. The summed E-state index contributed by atoms with van der Waals surface area (Å²) in [6, 6.07) is 3.30. The summed E-state index contributed by atoms with van der Waals surface area (Å²) >= 11 is 0. The lowest BCUT2D eigenvalue weighted by atomic mass is 10.2. The highest BCUT2D eigenvalue weighted by atomic mass is 16.5. The Kier molecular flexibility index (Phi) is 5.41. The molecule has 1 aliphatic heterocycles. The second kappa shape index (κ2) is 7.74. The summed E-state index contributed by atoms with van der Waals surface area (Å²) < 4.78 is 12.0. The summed E-state index contributed by atoms with van der Waals surface area (Å²) in [5.41, 5.74) is 0.344. The van der Waals surface area contributed by atoms with E-state index in [1.165, 1.54) is 25.1 Å². The molecule has 0 aliphatic carbocycles. The lowest BCUT2D eigenvalue weighted by Gasteiger charge is -2.32. The number of ether oxygens (including phenoxy) is 2. The number of piperazine rings is 1. The maximum absolute atomic E-state index is 12.7. The smallest absolute Gasteiger partial charge is 0.261 e. The van der Waals surface area contributed by atoms with Gasteiger partial charge in [0.05, 0.1) is 31.4 Å². The van der Waals surface area contributed by atoms with Gasteiger partial charge in [0.2, 0.25) is 5.91 Å². The molecule has 8 nitrogen and oxygen atoms in total. The lowest BCUT2D eigenvalue weighted by Crippen LogP contribution is -2.47. The summed E-state index contributed by atoms with van der Waals surface area (Å²) in [6.07, 6.45) is 1.76. The van der Waals surface area contributed by atoms with Crippen molar-refractivity contribution >= 4 is 16.8 Å². The number of methoxy groups -OCH3 is 2.